The standard InChI is InChI=1S/C16H28F3N3O4/c1-7-20-14(25)21-8-10(16(17,18)19)12(23)22-11(9(2)3)13(24)26-15(4,5)6/h9-11H,7-8H2,1-6H3,(H,22,23)(H2,20,21,25)/t10-,11-/m0/s1. The highest BCUT2D eigenvalue weighted by Gasteiger charge is 2.46. The summed E-state index contributed by atoms with van der Waals surface area (Å²) in [6.45, 7) is 8.86. The Balaban J connectivity index is 5.18. The van der Waals surface area contributed by atoms with Gasteiger partial charge in [0.2, 0.25) is 5.91 Å². The largest absolute Gasteiger partial charge is 0.458 e. The smallest absolute Gasteiger partial charge is 0.402 e. The Hall–Kier alpha value is -2.00. The number of amides is 3. The molecule has 0 aromatic carbocycles. The molecule has 0 aliphatic heterocycles. The lowest BCUT2D eigenvalue weighted by Crippen LogP contribution is -2.54. The molecule has 0 fully saturated rings. The van der Waals surface area contributed by atoms with Gasteiger partial charge in [0.15, 0.2) is 5.92 Å². The van der Waals surface area contributed by atoms with Gasteiger partial charge in [0.05, 0.1) is 0 Å². The predicted molar refractivity (Wildman–Crippen MR) is 89.2 cm³/mol. The number of hydrogen-bond acceptors (Lipinski definition) is 4. The number of ether oxygens (including phenoxy) is 1. The molecule has 3 amide bonds. The molecule has 0 rings (SSSR count). The third-order valence-electron chi connectivity index (χ3n) is 3.14. The highest BCUT2D eigenvalue weighted by molar-refractivity contribution is 5.87. The van der Waals surface area contributed by atoms with Gasteiger partial charge in [-0.2, -0.15) is 13.2 Å². The van der Waals surface area contributed by atoms with Crippen molar-refractivity contribution in [3.05, 3.63) is 0 Å². The van der Waals surface area contributed by atoms with E-state index in [0.717, 1.165) is 0 Å². The number of carbonyl (C=O) groups excluding carboxylic acids is 3. The summed E-state index contributed by atoms with van der Waals surface area (Å²) in [7, 11) is 0. The first-order valence-corrected chi connectivity index (χ1v) is 8.30. The van der Waals surface area contributed by atoms with E-state index in [0.29, 0.717) is 0 Å². The molecule has 0 spiro atoms. The maximum Gasteiger partial charge on any atom is 0.402 e. The molecule has 10 heteroatoms. The lowest BCUT2D eigenvalue weighted by atomic mass is 10.0. The van der Waals surface area contributed by atoms with Gasteiger partial charge in [-0.15, -0.1) is 0 Å². The molecule has 0 saturated carbocycles. The SMILES string of the molecule is CCNC(=O)NC[C@@H](C(=O)N[C@H](C(=O)OC(C)(C)C)C(C)C)C(F)(F)F. The van der Waals surface area contributed by atoms with Crippen molar-refractivity contribution in [2.45, 2.75) is 59.4 Å². The van der Waals surface area contributed by atoms with E-state index in [1.54, 1.807) is 41.5 Å². The number of carbonyl (C=O) groups is 3. The van der Waals surface area contributed by atoms with Crippen molar-refractivity contribution in [1.29, 1.82) is 0 Å². The van der Waals surface area contributed by atoms with E-state index in [4.69, 9.17) is 4.74 Å². The number of halogens is 3. The fourth-order valence-corrected chi connectivity index (χ4v) is 1.89. The number of nitrogens with one attached hydrogen (secondary N) is 3. The summed E-state index contributed by atoms with van der Waals surface area (Å²) >= 11 is 0. The molecule has 0 unspecified atom stereocenters. The summed E-state index contributed by atoms with van der Waals surface area (Å²) in [5.74, 6) is -5.20. The van der Waals surface area contributed by atoms with Crippen molar-refractivity contribution in [2.24, 2.45) is 11.8 Å². The van der Waals surface area contributed by atoms with Crippen LogP contribution in [0.25, 0.3) is 0 Å². The van der Waals surface area contributed by atoms with Crippen LogP contribution in [0, 0.1) is 11.8 Å². The summed E-state index contributed by atoms with van der Waals surface area (Å²) < 4.78 is 44.7. The molecule has 7 nitrogen and oxygen atoms in total. The van der Waals surface area contributed by atoms with Gasteiger partial charge in [0.25, 0.3) is 0 Å². The van der Waals surface area contributed by atoms with Gasteiger partial charge in [-0.1, -0.05) is 13.8 Å². The minimum atomic E-state index is -4.89. The van der Waals surface area contributed by atoms with Gasteiger partial charge in [-0.25, -0.2) is 9.59 Å². The van der Waals surface area contributed by atoms with E-state index >= 15 is 0 Å². The van der Waals surface area contributed by atoms with Gasteiger partial charge in [-0.3, -0.25) is 4.79 Å². The zero-order valence-electron chi connectivity index (χ0n) is 15.9. The number of esters is 1. The Labute approximate surface area is 151 Å². The molecule has 152 valence electrons. The fourth-order valence-electron chi connectivity index (χ4n) is 1.89. The number of urea groups is 1. The normalized spacial score (nSPS) is 14.4. The minimum Gasteiger partial charge on any atom is -0.458 e. The second-order valence-corrected chi connectivity index (χ2v) is 7.10. The third kappa shape index (κ3) is 8.91. The molecular weight excluding hydrogens is 355 g/mol. The van der Waals surface area contributed by atoms with Crippen molar-refractivity contribution < 1.29 is 32.3 Å². The van der Waals surface area contributed by atoms with Crippen LogP contribution in [-0.4, -0.2) is 48.8 Å². The molecule has 0 heterocycles. The number of hydrogen-bond donors (Lipinski definition) is 3. The molecule has 0 saturated heterocycles. The first kappa shape index (κ1) is 24.0. The molecule has 2 atom stereocenters. The minimum absolute atomic E-state index is 0.225. The fraction of sp³-hybridized carbons (Fsp3) is 0.812. The summed E-state index contributed by atoms with van der Waals surface area (Å²) in [6, 6.07) is -2.06. The number of alkyl halides is 3. The van der Waals surface area contributed by atoms with Gasteiger partial charge in [-0.05, 0) is 33.6 Å². The Morgan fingerprint density at radius 2 is 1.58 bits per heavy atom. The maximum absolute atomic E-state index is 13.2. The van der Waals surface area contributed by atoms with Crippen LogP contribution in [0.1, 0.15) is 41.5 Å². The van der Waals surface area contributed by atoms with Crippen molar-refractivity contribution in [3.8, 4) is 0 Å². The molecule has 0 aromatic heterocycles. The highest BCUT2D eigenvalue weighted by atomic mass is 19.4. The molecular formula is C16H28F3N3O4. The second kappa shape index (κ2) is 9.63. The molecule has 0 aliphatic carbocycles. The summed E-state index contributed by atoms with van der Waals surface area (Å²) in [5.41, 5.74) is -0.849. The van der Waals surface area contributed by atoms with Crippen LogP contribution in [0.2, 0.25) is 0 Å². The first-order valence-electron chi connectivity index (χ1n) is 8.30. The van der Waals surface area contributed by atoms with Crippen LogP contribution in [0.3, 0.4) is 0 Å². The molecule has 0 aliphatic rings. The summed E-state index contributed by atoms with van der Waals surface area (Å²) in [4.78, 5) is 35.6. The third-order valence-corrected chi connectivity index (χ3v) is 3.14. The Morgan fingerprint density at radius 3 is 1.96 bits per heavy atom. The topological polar surface area (TPSA) is 96.5 Å². The highest BCUT2D eigenvalue weighted by Crippen LogP contribution is 2.26. The summed E-state index contributed by atoms with van der Waals surface area (Å²) in [6.07, 6.45) is -4.89. The Morgan fingerprint density at radius 1 is 1.04 bits per heavy atom. The van der Waals surface area contributed by atoms with Crippen LogP contribution in [0.5, 0.6) is 0 Å². The van der Waals surface area contributed by atoms with Crippen LogP contribution in [-0.2, 0) is 14.3 Å². The van der Waals surface area contributed by atoms with Crippen molar-refractivity contribution in [3.63, 3.8) is 0 Å². The predicted octanol–water partition coefficient (Wildman–Crippen LogP) is 1.97. The van der Waals surface area contributed by atoms with E-state index in [2.05, 4.69) is 10.6 Å². The zero-order chi connectivity index (χ0) is 20.7. The van der Waals surface area contributed by atoms with Gasteiger partial charge in [0, 0.05) is 13.1 Å². The van der Waals surface area contributed by atoms with Crippen LogP contribution < -0.4 is 16.0 Å². The van der Waals surface area contributed by atoms with Gasteiger partial charge < -0.3 is 20.7 Å². The Bertz CT molecular complexity index is 502. The average Bonchev–Trinajstić information content (AvgIpc) is 2.41. The van der Waals surface area contributed by atoms with Crippen LogP contribution >= 0.6 is 0 Å². The molecule has 0 radical (unpaired) electrons. The Kier molecular flexibility index (Phi) is 8.89. The maximum atomic E-state index is 13.2. The molecule has 0 aromatic rings. The molecule has 3 N–H and O–H groups in total. The molecule has 0 bridgehead atoms. The lowest BCUT2D eigenvalue weighted by molar-refractivity contribution is -0.183. The van der Waals surface area contributed by atoms with Gasteiger partial charge in [0.1, 0.15) is 11.6 Å². The van der Waals surface area contributed by atoms with E-state index in [1.165, 1.54) is 0 Å². The van der Waals surface area contributed by atoms with Crippen molar-refractivity contribution >= 4 is 17.9 Å². The van der Waals surface area contributed by atoms with E-state index in [-0.39, 0.29) is 6.54 Å². The van der Waals surface area contributed by atoms with E-state index in [9.17, 15) is 27.6 Å². The van der Waals surface area contributed by atoms with Crippen molar-refractivity contribution in [1.82, 2.24) is 16.0 Å². The van der Waals surface area contributed by atoms with E-state index in [1.807, 2.05) is 5.32 Å². The van der Waals surface area contributed by atoms with Crippen molar-refractivity contribution in [2.75, 3.05) is 13.1 Å². The van der Waals surface area contributed by atoms with E-state index < -0.39 is 54.1 Å². The average molecular weight is 383 g/mol. The second-order valence-electron chi connectivity index (χ2n) is 7.10. The summed E-state index contributed by atoms with van der Waals surface area (Å²) in [5, 5.41) is 6.36. The van der Waals surface area contributed by atoms with Gasteiger partial charge >= 0.3 is 18.2 Å². The monoisotopic (exact) mass is 383 g/mol. The van der Waals surface area contributed by atoms with Crippen LogP contribution in [0.4, 0.5) is 18.0 Å². The molecule has 26 heavy (non-hydrogen) atoms. The zero-order valence-corrected chi connectivity index (χ0v) is 15.9. The van der Waals surface area contributed by atoms with Crippen LogP contribution in [0.15, 0.2) is 0 Å². The first-order chi connectivity index (χ1) is 11.7. The lowest BCUT2D eigenvalue weighted by Gasteiger charge is -2.28. The quantitative estimate of drug-likeness (QED) is 0.586. The number of rotatable bonds is 7.